The average Bonchev–Trinajstić information content (AvgIpc) is 2.38. The Morgan fingerprint density at radius 1 is 1.21 bits per heavy atom. The maximum atomic E-state index is 12.2. The molecular weight excluding hydrogens is 257 g/mol. The summed E-state index contributed by atoms with van der Waals surface area (Å²) in [5, 5.41) is 8.64. The molecule has 4 nitrogen and oxygen atoms in total. The number of piperazine rings is 1. The Labute approximate surface area is 109 Å². The van der Waals surface area contributed by atoms with Crippen LogP contribution in [-0.2, 0) is 0 Å². The van der Waals surface area contributed by atoms with Crippen LogP contribution in [-0.4, -0.2) is 48.8 Å². The normalized spacial score (nSPS) is 17.3. The van der Waals surface area contributed by atoms with Crippen molar-refractivity contribution in [3.63, 3.8) is 0 Å². The predicted molar refractivity (Wildman–Crippen MR) is 63.7 cm³/mol. The Bertz CT molecular complexity index is 455. The van der Waals surface area contributed by atoms with Crippen LogP contribution in [0.2, 0.25) is 0 Å². The van der Waals surface area contributed by atoms with Gasteiger partial charge in [-0.3, -0.25) is 4.90 Å². The quantitative estimate of drug-likeness (QED) is 0.819. The number of nitriles is 1. The van der Waals surface area contributed by atoms with E-state index in [1.165, 1.54) is 4.90 Å². The second-order valence-electron chi connectivity index (χ2n) is 4.39. The number of halogens is 3. The van der Waals surface area contributed by atoms with Crippen LogP contribution in [0.25, 0.3) is 0 Å². The highest BCUT2D eigenvalue weighted by Gasteiger charge is 2.32. The summed E-state index contributed by atoms with van der Waals surface area (Å²) in [6, 6.07) is 5.30. The standard InChI is InChI=1S/C12H13F3N4/c13-12(14,15)9-18-3-5-19(6-4-18)11-2-1-10(7-16)17-8-11/h1-2,8H,3-6,9H2. The molecule has 0 aliphatic carbocycles. The van der Waals surface area contributed by atoms with Gasteiger partial charge in [-0.15, -0.1) is 0 Å². The van der Waals surface area contributed by atoms with Gasteiger partial charge >= 0.3 is 6.18 Å². The Morgan fingerprint density at radius 3 is 2.37 bits per heavy atom. The van der Waals surface area contributed by atoms with E-state index < -0.39 is 12.7 Å². The molecule has 1 aliphatic heterocycles. The van der Waals surface area contributed by atoms with Gasteiger partial charge in [0, 0.05) is 26.2 Å². The van der Waals surface area contributed by atoms with Crippen LogP contribution in [0.3, 0.4) is 0 Å². The van der Waals surface area contributed by atoms with E-state index in [-0.39, 0.29) is 0 Å². The fourth-order valence-corrected chi connectivity index (χ4v) is 2.06. The molecule has 1 aromatic rings. The predicted octanol–water partition coefficient (Wildman–Crippen LogP) is 1.64. The summed E-state index contributed by atoms with van der Waals surface area (Å²) in [6.45, 7) is 0.957. The minimum absolute atomic E-state index is 0.333. The van der Waals surface area contributed by atoms with Gasteiger partial charge in [0.15, 0.2) is 0 Å². The molecule has 1 aliphatic rings. The van der Waals surface area contributed by atoms with E-state index in [4.69, 9.17) is 5.26 Å². The van der Waals surface area contributed by atoms with E-state index in [2.05, 4.69) is 4.98 Å². The molecule has 19 heavy (non-hydrogen) atoms. The van der Waals surface area contributed by atoms with Crippen molar-refractivity contribution >= 4 is 5.69 Å². The molecule has 102 valence electrons. The highest BCUT2D eigenvalue weighted by molar-refractivity contribution is 5.46. The van der Waals surface area contributed by atoms with E-state index in [1.807, 2.05) is 11.0 Å². The van der Waals surface area contributed by atoms with Crippen molar-refractivity contribution in [2.24, 2.45) is 0 Å². The van der Waals surface area contributed by atoms with Gasteiger partial charge in [-0.2, -0.15) is 18.4 Å². The number of hydrogen-bond donors (Lipinski definition) is 0. The first-order valence-electron chi connectivity index (χ1n) is 5.88. The van der Waals surface area contributed by atoms with Gasteiger partial charge in [-0.05, 0) is 12.1 Å². The van der Waals surface area contributed by atoms with Crippen molar-refractivity contribution in [1.29, 1.82) is 5.26 Å². The summed E-state index contributed by atoms with van der Waals surface area (Å²) in [6.07, 6.45) is -2.56. The number of nitrogens with zero attached hydrogens (tertiary/aromatic N) is 4. The van der Waals surface area contributed by atoms with Gasteiger partial charge in [0.1, 0.15) is 11.8 Å². The summed E-state index contributed by atoms with van der Waals surface area (Å²) in [4.78, 5) is 7.32. The second-order valence-corrected chi connectivity index (χ2v) is 4.39. The zero-order valence-corrected chi connectivity index (χ0v) is 10.2. The van der Waals surface area contributed by atoms with Gasteiger partial charge in [-0.1, -0.05) is 0 Å². The molecule has 0 bridgehead atoms. The molecule has 0 N–H and O–H groups in total. The highest BCUT2D eigenvalue weighted by Crippen LogP contribution is 2.20. The molecule has 2 rings (SSSR count). The van der Waals surface area contributed by atoms with E-state index in [1.54, 1.807) is 18.3 Å². The second kappa shape index (κ2) is 5.45. The van der Waals surface area contributed by atoms with E-state index >= 15 is 0 Å². The zero-order chi connectivity index (χ0) is 13.9. The lowest BCUT2D eigenvalue weighted by molar-refractivity contribution is -0.146. The van der Waals surface area contributed by atoms with Crippen LogP contribution in [0.5, 0.6) is 0 Å². The third-order valence-corrected chi connectivity index (χ3v) is 3.00. The maximum absolute atomic E-state index is 12.2. The van der Waals surface area contributed by atoms with Gasteiger partial charge in [0.05, 0.1) is 18.4 Å². The minimum atomic E-state index is -4.14. The molecule has 1 fully saturated rings. The molecule has 0 aromatic carbocycles. The van der Waals surface area contributed by atoms with Crippen LogP contribution < -0.4 is 4.90 Å². The number of anilines is 1. The van der Waals surface area contributed by atoms with Crippen LogP contribution in [0.1, 0.15) is 5.69 Å². The van der Waals surface area contributed by atoms with Gasteiger partial charge < -0.3 is 4.90 Å². The molecule has 0 atom stereocenters. The third kappa shape index (κ3) is 3.83. The molecule has 0 radical (unpaired) electrons. The summed E-state index contributed by atoms with van der Waals surface area (Å²) in [5.74, 6) is 0. The van der Waals surface area contributed by atoms with Crippen LogP contribution in [0.15, 0.2) is 18.3 Å². The Morgan fingerprint density at radius 2 is 1.89 bits per heavy atom. The lowest BCUT2D eigenvalue weighted by atomic mass is 10.2. The summed E-state index contributed by atoms with van der Waals surface area (Å²) < 4.78 is 36.7. The van der Waals surface area contributed by atoms with Crippen molar-refractivity contribution in [3.8, 4) is 6.07 Å². The molecule has 7 heteroatoms. The molecule has 0 spiro atoms. The Hall–Kier alpha value is -1.81. The first-order valence-corrected chi connectivity index (χ1v) is 5.88. The first kappa shape index (κ1) is 13.6. The summed E-state index contributed by atoms with van der Waals surface area (Å²) >= 11 is 0. The van der Waals surface area contributed by atoms with E-state index in [0.29, 0.717) is 31.9 Å². The van der Waals surface area contributed by atoms with E-state index in [9.17, 15) is 13.2 Å². The molecule has 1 aromatic heterocycles. The number of alkyl halides is 3. The van der Waals surface area contributed by atoms with Crippen molar-refractivity contribution in [2.45, 2.75) is 6.18 Å². The number of pyridine rings is 1. The topological polar surface area (TPSA) is 43.2 Å². The van der Waals surface area contributed by atoms with Gasteiger partial charge in [0.2, 0.25) is 0 Å². The maximum Gasteiger partial charge on any atom is 0.401 e. The number of hydrogen-bond acceptors (Lipinski definition) is 4. The smallest absolute Gasteiger partial charge is 0.368 e. The SMILES string of the molecule is N#Cc1ccc(N2CCN(CC(F)(F)F)CC2)cn1. The Kier molecular flexibility index (Phi) is 3.90. The summed E-state index contributed by atoms with van der Waals surface area (Å²) in [7, 11) is 0. The fourth-order valence-electron chi connectivity index (χ4n) is 2.06. The number of rotatable bonds is 2. The minimum Gasteiger partial charge on any atom is -0.368 e. The van der Waals surface area contributed by atoms with Crippen molar-refractivity contribution in [3.05, 3.63) is 24.0 Å². The van der Waals surface area contributed by atoms with Gasteiger partial charge in [0.25, 0.3) is 0 Å². The lowest BCUT2D eigenvalue weighted by Crippen LogP contribution is -2.49. The third-order valence-electron chi connectivity index (χ3n) is 3.00. The van der Waals surface area contributed by atoms with Crippen molar-refractivity contribution < 1.29 is 13.2 Å². The molecule has 1 saturated heterocycles. The van der Waals surface area contributed by atoms with E-state index in [0.717, 1.165) is 5.69 Å². The Balaban J connectivity index is 1.91. The average molecular weight is 270 g/mol. The molecule has 0 unspecified atom stereocenters. The zero-order valence-electron chi connectivity index (χ0n) is 10.2. The molecule has 2 heterocycles. The van der Waals surface area contributed by atoms with Crippen molar-refractivity contribution in [1.82, 2.24) is 9.88 Å². The highest BCUT2D eigenvalue weighted by atomic mass is 19.4. The molecular formula is C12H13F3N4. The van der Waals surface area contributed by atoms with Gasteiger partial charge in [-0.25, -0.2) is 4.98 Å². The molecule has 0 saturated carbocycles. The van der Waals surface area contributed by atoms with Crippen molar-refractivity contribution in [2.75, 3.05) is 37.6 Å². The van der Waals surface area contributed by atoms with Crippen LogP contribution in [0, 0.1) is 11.3 Å². The first-order chi connectivity index (χ1) is 8.98. The molecule has 0 amide bonds. The van der Waals surface area contributed by atoms with Crippen LogP contribution in [0.4, 0.5) is 18.9 Å². The monoisotopic (exact) mass is 270 g/mol. The van der Waals surface area contributed by atoms with Crippen LogP contribution >= 0.6 is 0 Å². The largest absolute Gasteiger partial charge is 0.401 e. The summed E-state index contributed by atoms with van der Waals surface area (Å²) in [5.41, 5.74) is 1.17. The lowest BCUT2D eigenvalue weighted by Gasteiger charge is -2.36. The number of aromatic nitrogens is 1. The fraction of sp³-hybridized carbons (Fsp3) is 0.500.